The van der Waals surface area contributed by atoms with Gasteiger partial charge in [-0.15, -0.1) is 6.58 Å². The van der Waals surface area contributed by atoms with Crippen molar-refractivity contribution >= 4 is 0 Å². The van der Waals surface area contributed by atoms with Gasteiger partial charge in [-0.25, -0.2) is 0 Å². The van der Waals surface area contributed by atoms with Crippen LogP contribution in [0.3, 0.4) is 0 Å². The molecule has 76 valence electrons. The van der Waals surface area contributed by atoms with Gasteiger partial charge in [0.15, 0.2) is 0 Å². The Balaban J connectivity index is 2.68. The Labute approximate surface area is 86.4 Å². The average molecular weight is 190 g/mol. The van der Waals surface area contributed by atoms with Crippen molar-refractivity contribution in [3.63, 3.8) is 0 Å². The van der Waals surface area contributed by atoms with Crippen LogP contribution in [-0.4, -0.2) is 5.60 Å². The fraction of sp³-hybridized carbons (Fsp3) is 0.385. The maximum absolute atomic E-state index is 5.71. The van der Waals surface area contributed by atoms with Crippen molar-refractivity contribution in [2.24, 2.45) is 0 Å². The predicted molar refractivity (Wildman–Crippen MR) is 60.7 cm³/mol. The minimum Gasteiger partial charge on any atom is -0.488 e. The molecule has 0 aromatic heterocycles. The molecule has 0 atom stereocenters. The normalized spacial score (nSPS) is 11.1. The lowest BCUT2D eigenvalue weighted by atomic mass is 10.1. The van der Waals surface area contributed by atoms with Crippen LogP contribution < -0.4 is 4.74 Å². The van der Waals surface area contributed by atoms with E-state index in [1.54, 1.807) is 0 Å². The van der Waals surface area contributed by atoms with E-state index in [0.29, 0.717) is 0 Å². The van der Waals surface area contributed by atoms with Crippen molar-refractivity contribution in [2.45, 2.75) is 32.8 Å². The van der Waals surface area contributed by atoms with Crippen molar-refractivity contribution in [3.8, 4) is 5.75 Å². The molecule has 0 spiro atoms. The van der Waals surface area contributed by atoms with Gasteiger partial charge in [0.2, 0.25) is 0 Å². The molecule has 0 aliphatic rings. The van der Waals surface area contributed by atoms with Gasteiger partial charge in [0.1, 0.15) is 11.4 Å². The van der Waals surface area contributed by atoms with Gasteiger partial charge in [-0.3, -0.25) is 0 Å². The number of allylic oxidation sites excluding steroid dienone is 1. The molecule has 1 heteroatoms. The fourth-order valence-corrected chi connectivity index (χ4v) is 1.21. The number of hydrogen-bond acceptors (Lipinski definition) is 1. The third-order valence-electron chi connectivity index (χ3n) is 1.73. The highest BCUT2D eigenvalue weighted by Gasteiger charge is 2.10. The van der Waals surface area contributed by atoms with Gasteiger partial charge in [-0.2, -0.15) is 0 Å². The minimum absolute atomic E-state index is 0.125. The van der Waals surface area contributed by atoms with E-state index >= 15 is 0 Å². The summed E-state index contributed by atoms with van der Waals surface area (Å²) in [6.45, 7) is 9.85. The summed E-state index contributed by atoms with van der Waals surface area (Å²) in [7, 11) is 0. The summed E-state index contributed by atoms with van der Waals surface area (Å²) >= 11 is 0. The lowest BCUT2D eigenvalue weighted by Gasteiger charge is -2.21. The summed E-state index contributed by atoms with van der Waals surface area (Å²) in [5, 5.41) is 0. The monoisotopic (exact) mass is 190 g/mol. The quantitative estimate of drug-likeness (QED) is 0.662. The molecule has 0 aliphatic carbocycles. The highest BCUT2D eigenvalue weighted by Crippen LogP contribution is 2.18. The van der Waals surface area contributed by atoms with Gasteiger partial charge >= 0.3 is 0 Å². The van der Waals surface area contributed by atoms with E-state index in [1.165, 1.54) is 5.56 Å². The van der Waals surface area contributed by atoms with E-state index in [2.05, 4.69) is 18.7 Å². The molecule has 1 nitrogen and oxygen atoms in total. The Hall–Kier alpha value is -1.24. The van der Waals surface area contributed by atoms with Gasteiger partial charge in [0.25, 0.3) is 0 Å². The summed E-state index contributed by atoms with van der Waals surface area (Å²) in [6.07, 6.45) is 2.81. The standard InChI is InChI=1S/C13H18O/c1-5-6-11-7-9-12(10-8-11)14-13(2,3)4/h5,7-10H,1,6H2,2-4H3. The molecule has 1 aromatic carbocycles. The van der Waals surface area contributed by atoms with E-state index < -0.39 is 0 Å². The van der Waals surface area contributed by atoms with Crippen molar-refractivity contribution in [1.29, 1.82) is 0 Å². The molecule has 14 heavy (non-hydrogen) atoms. The first-order valence-corrected chi connectivity index (χ1v) is 4.90. The topological polar surface area (TPSA) is 9.23 Å². The Morgan fingerprint density at radius 3 is 2.21 bits per heavy atom. The van der Waals surface area contributed by atoms with Crippen LogP contribution in [0.15, 0.2) is 36.9 Å². The second kappa shape index (κ2) is 4.32. The van der Waals surface area contributed by atoms with E-state index in [0.717, 1.165) is 12.2 Å². The molecule has 1 aromatic rings. The molecule has 0 unspecified atom stereocenters. The number of benzene rings is 1. The molecule has 0 aliphatic heterocycles. The van der Waals surface area contributed by atoms with Crippen LogP contribution >= 0.6 is 0 Å². The van der Waals surface area contributed by atoms with Gasteiger partial charge in [-0.05, 0) is 44.9 Å². The summed E-state index contributed by atoms with van der Waals surface area (Å²) in [6, 6.07) is 8.15. The average Bonchev–Trinajstić information content (AvgIpc) is 2.06. The molecule has 0 amide bonds. The first-order chi connectivity index (χ1) is 6.51. The van der Waals surface area contributed by atoms with Crippen molar-refractivity contribution in [3.05, 3.63) is 42.5 Å². The number of rotatable bonds is 3. The summed E-state index contributed by atoms with van der Waals surface area (Å²) < 4.78 is 5.71. The first kappa shape index (κ1) is 10.8. The lowest BCUT2D eigenvalue weighted by Crippen LogP contribution is -2.22. The molecule has 0 saturated carbocycles. The summed E-state index contributed by atoms with van der Waals surface area (Å²) in [4.78, 5) is 0. The minimum atomic E-state index is -0.125. The van der Waals surface area contributed by atoms with Crippen LogP contribution in [0.5, 0.6) is 5.75 Å². The van der Waals surface area contributed by atoms with E-state index in [-0.39, 0.29) is 5.60 Å². The molecule has 0 N–H and O–H groups in total. The zero-order valence-corrected chi connectivity index (χ0v) is 9.21. The van der Waals surface area contributed by atoms with Crippen LogP contribution in [-0.2, 0) is 6.42 Å². The van der Waals surface area contributed by atoms with Gasteiger partial charge in [0.05, 0.1) is 0 Å². The highest BCUT2D eigenvalue weighted by molar-refractivity contribution is 5.28. The van der Waals surface area contributed by atoms with E-state index in [1.807, 2.05) is 39.0 Å². The first-order valence-electron chi connectivity index (χ1n) is 4.90. The Morgan fingerprint density at radius 1 is 1.21 bits per heavy atom. The lowest BCUT2D eigenvalue weighted by molar-refractivity contribution is 0.131. The molecule has 0 saturated heterocycles. The Kier molecular flexibility index (Phi) is 3.34. The van der Waals surface area contributed by atoms with Gasteiger partial charge in [0, 0.05) is 0 Å². The number of hydrogen-bond donors (Lipinski definition) is 0. The smallest absolute Gasteiger partial charge is 0.120 e. The predicted octanol–water partition coefficient (Wildman–Crippen LogP) is 3.59. The molecule has 1 rings (SSSR count). The van der Waals surface area contributed by atoms with Crippen molar-refractivity contribution in [2.75, 3.05) is 0 Å². The third kappa shape index (κ3) is 3.65. The van der Waals surface area contributed by atoms with Gasteiger partial charge < -0.3 is 4.74 Å². The second-order valence-corrected chi connectivity index (χ2v) is 4.35. The Bertz CT molecular complexity index is 290. The molecule has 0 heterocycles. The van der Waals surface area contributed by atoms with E-state index in [4.69, 9.17) is 4.74 Å². The number of ether oxygens (including phenoxy) is 1. The zero-order chi connectivity index (χ0) is 10.6. The maximum atomic E-state index is 5.71. The highest BCUT2D eigenvalue weighted by atomic mass is 16.5. The zero-order valence-electron chi connectivity index (χ0n) is 9.21. The van der Waals surface area contributed by atoms with Gasteiger partial charge in [-0.1, -0.05) is 18.2 Å². The summed E-state index contributed by atoms with van der Waals surface area (Å²) in [5.74, 6) is 0.922. The molecule has 0 fully saturated rings. The third-order valence-corrected chi connectivity index (χ3v) is 1.73. The van der Waals surface area contributed by atoms with Crippen LogP contribution in [0.4, 0.5) is 0 Å². The Morgan fingerprint density at radius 2 is 1.79 bits per heavy atom. The van der Waals surface area contributed by atoms with Crippen LogP contribution in [0, 0.1) is 0 Å². The fourth-order valence-electron chi connectivity index (χ4n) is 1.21. The second-order valence-electron chi connectivity index (χ2n) is 4.35. The maximum Gasteiger partial charge on any atom is 0.120 e. The largest absolute Gasteiger partial charge is 0.488 e. The van der Waals surface area contributed by atoms with Crippen LogP contribution in [0.25, 0.3) is 0 Å². The van der Waals surface area contributed by atoms with E-state index in [9.17, 15) is 0 Å². The van der Waals surface area contributed by atoms with Crippen molar-refractivity contribution in [1.82, 2.24) is 0 Å². The molecular formula is C13H18O. The van der Waals surface area contributed by atoms with Crippen LogP contribution in [0.2, 0.25) is 0 Å². The summed E-state index contributed by atoms with van der Waals surface area (Å²) in [5.41, 5.74) is 1.14. The molecule has 0 bridgehead atoms. The van der Waals surface area contributed by atoms with Crippen LogP contribution in [0.1, 0.15) is 26.3 Å². The molecule has 0 radical (unpaired) electrons. The van der Waals surface area contributed by atoms with Crippen molar-refractivity contribution < 1.29 is 4.74 Å². The SMILES string of the molecule is C=CCc1ccc(OC(C)(C)C)cc1. The molecular weight excluding hydrogens is 172 g/mol.